The molecule has 0 saturated carbocycles. The van der Waals surface area contributed by atoms with Gasteiger partial charge in [-0.3, -0.25) is 0 Å². The second kappa shape index (κ2) is 10.3. The summed E-state index contributed by atoms with van der Waals surface area (Å²) in [7, 11) is 8.58. The van der Waals surface area contributed by atoms with E-state index in [-0.39, 0.29) is 0 Å². The highest BCUT2D eigenvalue weighted by Crippen LogP contribution is 2.47. The van der Waals surface area contributed by atoms with Gasteiger partial charge < -0.3 is 28.4 Å². The quantitative estimate of drug-likeness (QED) is 0.473. The molecule has 0 N–H and O–H groups in total. The van der Waals surface area contributed by atoms with Crippen LogP contribution in [0.2, 0.25) is 0 Å². The minimum Gasteiger partial charge on any atom is -0.496 e. The molecule has 0 unspecified atom stereocenters. The first-order chi connectivity index (χ1) is 15.1. The Morgan fingerprint density at radius 1 is 0.484 bits per heavy atom. The van der Waals surface area contributed by atoms with Gasteiger partial charge >= 0.3 is 0 Å². The third-order valence-corrected chi connectivity index (χ3v) is 7.43. The Labute approximate surface area is 184 Å². The second-order valence-corrected chi connectivity index (χ2v) is 8.51. The molecule has 0 aliphatic carbocycles. The van der Waals surface area contributed by atoms with Gasteiger partial charge in [-0.15, -0.1) is 0 Å². The van der Waals surface area contributed by atoms with Crippen LogP contribution in [0.1, 0.15) is 0 Å². The summed E-state index contributed by atoms with van der Waals surface area (Å²) in [6.45, 7) is 0. The topological polar surface area (TPSA) is 55.4 Å². The Hall–Kier alpha value is -3.11. The van der Waals surface area contributed by atoms with Crippen molar-refractivity contribution in [3.05, 3.63) is 54.6 Å². The van der Waals surface area contributed by atoms with Gasteiger partial charge in [0, 0.05) is 32.2 Å². The number of hydrogen-bond donors (Lipinski definition) is 0. The van der Waals surface area contributed by atoms with Crippen molar-refractivity contribution in [3.8, 4) is 34.5 Å². The first-order valence-electron chi connectivity index (χ1n) is 9.57. The molecule has 0 heterocycles. The molecule has 3 aromatic rings. The lowest BCUT2D eigenvalue weighted by molar-refractivity contribution is 0.379. The third kappa shape index (κ3) is 4.49. The van der Waals surface area contributed by atoms with Crippen molar-refractivity contribution < 1.29 is 28.4 Å². The molecule has 0 atom stereocenters. The maximum Gasteiger partial charge on any atom is 0.134 e. The highest BCUT2D eigenvalue weighted by Gasteiger charge is 2.31. The molecule has 164 valence electrons. The summed E-state index contributed by atoms with van der Waals surface area (Å²) in [4.78, 5) is 0. The smallest absolute Gasteiger partial charge is 0.134 e. The molecule has 0 fully saturated rings. The van der Waals surface area contributed by atoms with Crippen molar-refractivity contribution in [1.29, 1.82) is 0 Å². The van der Waals surface area contributed by atoms with Crippen LogP contribution in [0.5, 0.6) is 34.5 Å². The van der Waals surface area contributed by atoms with Crippen LogP contribution in [0.15, 0.2) is 54.6 Å². The van der Waals surface area contributed by atoms with E-state index in [4.69, 9.17) is 28.4 Å². The normalized spacial score (nSPS) is 10.5. The Morgan fingerprint density at radius 3 is 1.13 bits per heavy atom. The van der Waals surface area contributed by atoms with Crippen molar-refractivity contribution in [1.82, 2.24) is 0 Å². The van der Waals surface area contributed by atoms with E-state index >= 15 is 0 Å². The van der Waals surface area contributed by atoms with Crippen molar-refractivity contribution in [3.63, 3.8) is 0 Å². The lowest BCUT2D eigenvalue weighted by atomic mass is 10.3. The van der Waals surface area contributed by atoms with E-state index in [1.165, 1.54) is 0 Å². The molecule has 0 bridgehead atoms. The van der Waals surface area contributed by atoms with Crippen molar-refractivity contribution in [2.75, 3.05) is 42.7 Å². The molecular formula is C24H27O6P. The van der Waals surface area contributed by atoms with E-state index in [0.29, 0.717) is 34.5 Å². The Kier molecular flexibility index (Phi) is 7.48. The molecule has 0 aromatic heterocycles. The van der Waals surface area contributed by atoms with Crippen LogP contribution in [0.25, 0.3) is 0 Å². The number of methoxy groups -OCH3 is 6. The monoisotopic (exact) mass is 442 g/mol. The number of benzene rings is 3. The van der Waals surface area contributed by atoms with E-state index in [9.17, 15) is 0 Å². The molecule has 0 aliphatic heterocycles. The Morgan fingerprint density at radius 2 is 0.839 bits per heavy atom. The molecule has 7 heteroatoms. The van der Waals surface area contributed by atoms with Crippen LogP contribution in [0.4, 0.5) is 0 Å². The Balaban J connectivity index is 2.42. The van der Waals surface area contributed by atoms with Gasteiger partial charge in [0.2, 0.25) is 0 Å². The molecule has 0 aliphatic rings. The summed E-state index contributed by atoms with van der Waals surface area (Å²) in [5.74, 6) is 3.93. The molecule has 0 radical (unpaired) electrons. The van der Waals surface area contributed by atoms with Gasteiger partial charge in [0.05, 0.1) is 53.3 Å². The summed E-state index contributed by atoms with van der Waals surface area (Å²) in [6, 6.07) is 17.6. The zero-order chi connectivity index (χ0) is 22.4. The van der Waals surface area contributed by atoms with Crippen LogP contribution in [-0.2, 0) is 0 Å². The lowest BCUT2D eigenvalue weighted by Crippen LogP contribution is -2.25. The van der Waals surface area contributed by atoms with Gasteiger partial charge in [-0.05, 0) is 5.30 Å². The van der Waals surface area contributed by atoms with E-state index in [1.807, 2.05) is 42.5 Å². The fourth-order valence-electron chi connectivity index (χ4n) is 3.36. The first-order valence-corrected chi connectivity index (χ1v) is 10.9. The van der Waals surface area contributed by atoms with Gasteiger partial charge in [0.15, 0.2) is 0 Å². The van der Waals surface area contributed by atoms with Crippen LogP contribution in [0, 0.1) is 0 Å². The predicted molar refractivity (Wildman–Crippen MR) is 124 cm³/mol. The van der Waals surface area contributed by atoms with E-state index in [1.54, 1.807) is 42.7 Å². The lowest BCUT2D eigenvalue weighted by Gasteiger charge is -2.27. The molecular weight excluding hydrogens is 415 g/mol. The molecule has 31 heavy (non-hydrogen) atoms. The molecule has 3 rings (SSSR count). The van der Waals surface area contributed by atoms with E-state index in [2.05, 4.69) is 12.1 Å². The minimum absolute atomic E-state index is 0.647. The van der Waals surface area contributed by atoms with Crippen molar-refractivity contribution in [2.45, 2.75) is 0 Å². The maximum absolute atomic E-state index is 5.80. The fourth-order valence-corrected chi connectivity index (χ4v) is 6.08. The second-order valence-electron chi connectivity index (χ2n) is 6.43. The number of hydrogen-bond acceptors (Lipinski definition) is 6. The number of rotatable bonds is 9. The van der Waals surface area contributed by atoms with E-state index < -0.39 is 7.92 Å². The van der Waals surface area contributed by atoms with Gasteiger partial charge in [0.1, 0.15) is 34.5 Å². The van der Waals surface area contributed by atoms with Gasteiger partial charge in [-0.1, -0.05) is 30.3 Å². The molecule has 6 nitrogen and oxygen atoms in total. The molecule has 0 spiro atoms. The summed E-state index contributed by atoms with van der Waals surface area (Å²) in [5, 5.41) is 2.88. The summed E-state index contributed by atoms with van der Waals surface area (Å²) >= 11 is 0. The fraction of sp³-hybridized carbons (Fsp3) is 0.250. The minimum atomic E-state index is -1.20. The van der Waals surface area contributed by atoms with Gasteiger partial charge in [-0.25, -0.2) is 0 Å². The largest absolute Gasteiger partial charge is 0.496 e. The van der Waals surface area contributed by atoms with Gasteiger partial charge in [-0.2, -0.15) is 0 Å². The highest BCUT2D eigenvalue weighted by atomic mass is 31.1. The first kappa shape index (κ1) is 22.6. The molecule has 3 aromatic carbocycles. The molecule has 0 amide bonds. The number of ether oxygens (including phenoxy) is 6. The average Bonchev–Trinajstić information content (AvgIpc) is 2.84. The maximum atomic E-state index is 5.80. The molecule has 0 saturated heterocycles. The predicted octanol–water partition coefficient (Wildman–Crippen LogP) is 3.50. The summed E-state index contributed by atoms with van der Waals surface area (Å²) < 4.78 is 34.1. The van der Waals surface area contributed by atoms with Crippen LogP contribution in [-0.4, -0.2) is 42.7 Å². The van der Waals surface area contributed by atoms with Crippen LogP contribution >= 0.6 is 7.92 Å². The summed E-state index contributed by atoms with van der Waals surface area (Å²) in [6.07, 6.45) is 0. The summed E-state index contributed by atoms with van der Waals surface area (Å²) in [5.41, 5.74) is 0. The van der Waals surface area contributed by atoms with Gasteiger partial charge in [0.25, 0.3) is 0 Å². The van der Waals surface area contributed by atoms with Crippen molar-refractivity contribution in [2.24, 2.45) is 0 Å². The standard InChI is InChI=1S/C24H27O6P/c1-25-16-12-19(27-3)23(20(13-16)28-4)31(18-10-8-7-9-11-18)24-21(29-5)14-17(26-2)15-22(24)30-6/h7-15H,1-6H3. The van der Waals surface area contributed by atoms with Crippen LogP contribution in [0.3, 0.4) is 0 Å². The van der Waals surface area contributed by atoms with Crippen LogP contribution < -0.4 is 44.3 Å². The highest BCUT2D eigenvalue weighted by molar-refractivity contribution is 7.80. The SMILES string of the molecule is COc1cc(OC)c(P(c2ccccc2)c2c(OC)cc(OC)cc2OC)c(OC)c1. The van der Waals surface area contributed by atoms with E-state index in [0.717, 1.165) is 15.9 Å². The Bertz CT molecular complexity index is 908. The van der Waals surface area contributed by atoms with Crippen molar-refractivity contribution >= 4 is 23.8 Å². The zero-order valence-corrected chi connectivity index (χ0v) is 19.5. The zero-order valence-electron chi connectivity index (χ0n) is 18.6. The average molecular weight is 442 g/mol. The third-order valence-electron chi connectivity index (χ3n) is 4.84.